The summed E-state index contributed by atoms with van der Waals surface area (Å²) in [7, 11) is 4.66. The molecule has 0 saturated heterocycles. The molecule has 9 heteroatoms. The van der Waals surface area contributed by atoms with Crippen LogP contribution in [0.3, 0.4) is 0 Å². The molecule has 2 N–H and O–H groups in total. The van der Waals surface area contributed by atoms with Gasteiger partial charge < -0.3 is 29.2 Å². The number of hydrogen-bond acceptors (Lipinski definition) is 8. The van der Waals surface area contributed by atoms with E-state index in [9.17, 15) is 9.90 Å². The zero-order valence-electron chi connectivity index (χ0n) is 16.2. The maximum atomic E-state index is 12.4. The van der Waals surface area contributed by atoms with Crippen molar-refractivity contribution in [3.8, 4) is 22.9 Å². The monoisotopic (exact) mass is 391 g/mol. The Morgan fingerprint density at radius 3 is 2.75 bits per heavy atom. The quantitative estimate of drug-likeness (QED) is 0.730. The van der Waals surface area contributed by atoms with E-state index in [2.05, 4.69) is 15.5 Å². The summed E-state index contributed by atoms with van der Waals surface area (Å²) in [6.07, 6.45) is 0.817. The van der Waals surface area contributed by atoms with E-state index in [1.54, 1.807) is 39.5 Å². The Morgan fingerprint density at radius 2 is 2.04 bits per heavy atom. The van der Waals surface area contributed by atoms with Gasteiger partial charge in [0.25, 0.3) is 0 Å². The number of aliphatic hydroxyl groups excluding tert-OH is 1. The smallest absolute Gasteiger partial charge is 0.246 e. The molecule has 1 aromatic heterocycles. The molecule has 0 bridgehead atoms. The first-order valence-corrected chi connectivity index (χ1v) is 9.09. The van der Waals surface area contributed by atoms with E-state index in [4.69, 9.17) is 18.7 Å². The van der Waals surface area contributed by atoms with Crippen molar-refractivity contribution in [1.82, 2.24) is 15.5 Å². The molecular weight excluding hydrogens is 366 g/mol. The number of carbonyl (C=O) groups is 1. The summed E-state index contributed by atoms with van der Waals surface area (Å²) in [4.78, 5) is 16.7. The number of nitrogens with one attached hydrogen (secondary N) is 1. The van der Waals surface area contributed by atoms with Crippen molar-refractivity contribution in [3.63, 3.8) is 0 Å². The fraction of sp³-hybridized carbons (Fsp3) is 0.526. The molecule has 3 atom stereocenters. The molecule has 0 unspecified atom stereocenters. The van der Waals surface area contributed by atoms with Gasteiger partial charge >= 0.3 is 0 Å². The third-order valence-electron chi connectivity index (χ3n) is 4.95. The summed E-state index contributed by atoms with van der Waals surface area (Å²) < 4.78 is 21.0. The zero-order valence-corrected chi connectivity index (χ0v) is 16.2. The number of ether oxygens (including phenoxy) is 3. The van der Waals surface area contributed by atoms with E-state index in [0.29, 0.717) is 48.0 Å². The van der Waals surface area contributed by atoms with Crippen LogP contribution in [-0.2, 0) is 16.1 Å². The van der Waals surface area contributed by atoms with Crippen LogP contribution in [0.15, 0.2) is 22.7 Å². The lowest BCUT2D eigenvalue weighted by molar-refractivity contribution is -0.130. The van der Waals surface area contributed by atoms with Gasteiger partial charge in [-0.25, -0.2) is 0 Å². The van der Waals surface area contributed by atoms with Gasteiger partial charge in [-0.2, -0.15) is 4.98 Å². The minimum absolute atomic E-state index is 0.111. The second-order valence-corrected chi connectivity index (χ2v) is 6.65. The minimum atomic E-state index is -0.519. The average molecular weight is 391 g/mol. The number of nitrogens with zero attached hydrogens (tertiary/aromatic N) is 2. The number of aromatic nitrogens is 2. The van der Waals surface area contributed by atoms with Gasteiger partial charge in [0.2, 0.25) is 17.6 Å². The molecule has 0 radical (unpaired) electrons. The highest BCUT2D eigenvalue weighted by molar-refractivity contribution is 5.78. The molecular formula is C19H25N3O6. The lowest BCUT2D eigenvalue weighted by Gasteiger charge is -2.31. The third kappa shape index (κ3) is 4.42. The predicted octanol–water partition coefficient (Wildman–Crippen LogP) is 1.55. The fourth-order valence-corrected chi connectivity index (χ4v) is 3.33. The average Bonchev–Trinajstić information content (AvgIpc) is 3.20. The Bertz CT molecular complexity index is 809. The Kier molecular flexibility index (Phi) is 6.48. The minimum Gasteiger partial charge on any atom is -0.493 e. The SMILES string of the molecule is COc1ccc(-c2noc(CNC(=O)[C@@H]3CC[C@H](O)[C@H](OC)C3)n2)cc1OC. The Labute approximate surface area is 163 Å². The summed E-state index contributed by atoms with van der Waals surface area (Å²) in [5.41, 5.74) is 0.711. The number of benzene rings is 1. The van der Waals surface area contributed by atoms with Crippen molar-refractivity contribution in [2.24, 2.45) is 5.92 Å². The first kappa shape index (κ1) is 20.1. The molecule has 2 aromatic rings. The summed E-state index contributed by atoms with van der Waals surface area (Å²) in [5, 5.41) is 16.6. The van der Waals surface area contributed by atoms with Gasteiger partial charge in [-0.3, -0.25) is 4.79 Å². The second-order valence-electron chi connectivity index (χ2n) is 6.65. The largest absolute Gasteiger partial charge is 0.493 e. The van der Waals surface area contributed by atoms with E-state index in [-0.39, 0.29) is 24.5 Å². The molecule has 1 aliphatic rings. The number of amides is 1. The van der Waals surface area contributed by atoms with Crippen molar-refractivity contribution in [2.45, 2.75) is 38.0 Å². The highest BCUT2D eigenvalue weighted by Crippen LogP contribution is 2.31. The lowest BCUT2D eigenvalue weighted by Crippen LogP contribution is -2.41. The van der Waals surface area contributed by atoms with Crippen LogP contribution in [0.5, 0.6) is 11.5 Å². The normalized spacial score (nSPS) is 21.9. The molecule has 28 heavy (non-hydrogen) atoms. The van der Waals surface area contributed by atoms with Crippen molar-refractivity contribution >= 4 is 5.91 Å². The van der Waals surface area contributed by atoms with Crippen LogP contribution in [0.2, 0.25) is 0 Å². The highest BCUT2D eigenvalue weighted by Gasteiger charge is 2.33. The van der Waals surface area contributed by atoms with Crippen LogP contribution in [0, 0.1) is 5.92 Å². The second kappa shape index (κ2) is 9.03. The maximum Gasteiger partial charge on any atom is 0.246 e. The predicted molar refractivity (Wildman–Crippen MR) is 98.8 cm³/mol. The first-order chi connectivity index (χ1) is 13.5. The summed E-state index contributed by atoms with van der Waals surface area (Å²) in [5.74, 6) is 1.55. The van der Waals surface area contributed by atoms with Gasteiger partial charge in [-0.15, -0.1) is 0 Å². The lowest BCUT2D eigenvalue weighted by atomic mass is 9.84. The fourth-order valence-electron chi connectivity index (χ4n) is 3.33. The molecule has 0 aliphatic heterocycles. The maximum absolute atomic E-state index is 12.4. The number of hydrogen-bond donors (Lipinski definition) is 2. The Morgan fingerprint density at radius 1 is 1.25 bits per heavy atom. The summed E-state index contributed by atoms with van der Waals surface area (Å²) in [6.45, 7) is 0.135. The molecule has 1 fully saturated rings. The number of aliphatic hydroxyl groups is 1. The van der Waals surface area contributed by atoms with Crippen molar-refractivity contribution < 1.29 is 28.6 Å². The van der Waals surface area contributed by atoms with Gasteiger partial charge in [-0.1, -0.05) is 5.16 Å². The van der Waals surface area contributed by atoms with E-state index >= 15 is 0 Å². The number of rotatable bonds is 7. The molecule has 1 saturated carbocycles. The van der Waals surface area contributed by atoms with Gasteiger partial charge in [0.05, 0.1) is 33.0 Å². The Balaban J connectivity index is 1.60. The van der Waals surface area contributed by atoms with E-state index in [1.807, 2.05) is 0 Å². The third-order valence-corrected chi connectivity index (χ3v) is 4.95. The van der Waals surface area contributed by atoms with E-state index in [0.717, 1.165) is 0 Å². The summed E-state index contributed by atoms with van der Waals surface area (Å²) in [6, 6.07) is 5.31. The van der Waals surface area contributed by atoms with Crippen LogP contribution in [-0.4, -0.2) is 54.7 Å². The molecule has 1 amide bonds. The molecule has 1 heterocycles. The summed E-state index contributed by atoms with van der Waals surface area (Å²) >= 11 is 0. The van der Waals surface area contributed by atoms with Gasteiger partial charge in [0.15, 0.2) is 11.5 Å². The molecule has 3 rings (SSSR count). The van der Waals surface area contributed by atoms with Crippen LogP contribution in [0.1, 0.15) is 25.2 Å². The molecule has 152 valence electrons. The van der Waals surface area contributed by atoms with Gasteiger partial charge in [-0.05, 0) is 37.5 Å². The Hall–Kier alpha value is -2.65. The first-order valence-electron chi connectivity index (χ1n) is 9.09. The van der Waals surface area contributed by atoms with Gasteiger partial charge in [0, 0.05) is 18.6 Å². The van der Waals surface area contributed by atoms with E-state index < -0.39 is 6.10 Å². The van der Waals surface area contributed by atoms with E-state index in [1.165, 1.54) is 0 Å². The number of carbonyl (C=O) groups excluding carboxylic acids is 1. The van der Waals surface area contributed by atoms with Crippen LogP contribution < -0.4 is 14.8 Å². The molecule has 1 aliphatic carbocycles. The van der Waals surface area contributed by atoms with Crippen molar-refractivity contribution in [1.29, 1.82) is 0 Å². The number of methoxy groups -OCH3 is 3. The highest BCUT2D eigenvalue weighted by atomic mass is 16.5. The molecule has 1 aromatic carbocycles. The standard InChI is InChI=1S/C19H25N3O6/c1-25-14-7-5-11(8-16(14)27-3)18-21-17(28-22-18)10-20-19(24)12-4-6-13(23)15(9-12)26-2/h5,7-8,12-13,15,23H,4,6,9-10H2,1-3H3,(H,20,24)/t12-,13+,15-/m1/s1. The topological polar surface area (TPSA) is 116 Å². The van der Waals surface area contributed by atoms with Crippen LogP contribution in [0.25, 0.3) is 11.4 Å². The zero-order chi connectivity index (χ0) is 20.1. The van der Waals surface area contributed by atoms with Crippen molar-refractivity contribution in [2.75, 3.05) is 21.3 Å². The molecule has 9 nitrogen and oxygen atoms in total. The van der Waals surface area contributed by atoms with Crippen LogP contribution >= 0.6 is 0 Å². The van der Waals surface area contributed by atoms with Crippen molar-refractivity contribution in [3.05, 3.63) is 24.1 Å². The molecule has 0 spiro atoms. The van der Waals surface area contributed by atoms with Crippen LogP contribution in [0.4, 0.5) is 0 Å². The van der Waals surface area contributed by atoms with Gasteiger partial charge in [0.1, 0.15) is 0 Å².